The van der Waals surface area contributed by atoms with E-state index in [2.05, 4.69) is 11.9 Å². The van der Waals surface area contributed by atoms with Gasteiger partial charge in [-0.1, -0.05) is 19.8 Å². The molecule has 29 heavy (non-hydrogen) atoms. The Balaban J connectivity index is 2.23. The Labute approximate surface area is 173 Å². The normalized spacial score (nSPS) is 12.8. The molecule has 6 nitrogen and oxygen atoms in total. The summed E-state index contributed by atoms with van der Waals surface area (Å²) in [6, 6.07) is 3.71. The minimum Gasteiger partial charge on any atom is -0.490 e. The minimum absolute atomic E-state index is 0.00619. The summed E-state index contributed by atoms with van der Waals surface area (Å²) in [6.07, 6.45) is 5.20. The van der Waals surface area contributed by atoms with Crippen molar-refractivity contribution in [3.63, 3.8) is 0 Å². The van der Waals surface area contributed by atoms with E-state index in [1.54, 1.807) is 4.40 Å². The molecule has 0 bridgehead atoms. The highest BCUT2D eigenvalue weighted by molar-refractivity contribution is 5.97. The summed E-state index contributed by atoms with van der Waals surface area (Å²) >= 11 is 0. The highest BCUT2D eigenvalue weighted by Crippen LogP contribution is 2.26. The minimum atomic E-state index is -0.523. The first-order valence-electron chi connectivity index (χ1n) is 10.5. The lowest BCUT2D eigenvalue weighted by atomic mass is 9.92. The van der Waals surface area contributed by atoms with Crippen LogP contribution >= 0.6 is 0 Å². The molecule has 0 radical (unpaired) electrons. The third kappa shape index (κ3) is 6.31. The van der Waals surface area contributed by atoms with E-state index in [0.29, 0.717) is 35.8 Å². The molecule has 0 aromatic carbocycles. The largest absolute Gasteiger partial charge is 0.490 e. The van der Waals surface area contributed by atoms with E-state index < -0.39 is 5.60 Å². The molecule has 2 rings (SSSR count). The van der Waals surface area contributed by atoms with Gasteiger partial charge in [0, 0.05) is 19.0 Å². The summed E-state index contributed by atoms with van der Waals surface area (Å²) in [4.78, 5) is 30.1. The molecular formula is C23H34N2O4. The van der Waals surface area contributed by atoms with Gasteiger partial charge < -0.3 is 9.47 Å². The fraction of sp³-hybridized carbons (Fsp3) is 0.609. The van der Waals surface area contributed by atoms with Crippen molar-refractivity contribution in [2.45, 2.75) is 79.2 Å². The highest BCUT2D eigenvalue weighted by atomic mass is 16.6. The molecule has 0 aliphatic heterocycles. The number of esters is 1. The van der Waals surface area contributed by atoms with Crippen LogP contribution in [-0.4, -0.2) is 33.3 Å². The van der Waals surface area contributed by atoms with Crippen LogP contribution in [0.3, 0.4) is 0 Å². The number of Topliss-reactive ketones (excluding diaryl/α,β-unsaturated/α-hetero) is 1. The molecule has 0 unspecified atom stereocenters. The first-order valence-corrected chi connectivity index (χ1v) is 10.5. The number of fused-ring (bicyclic) bond motifs is 1. The number of nitrogens with zero attached hydrogens (tertiary/aromatic N) is 2. The van der Waals surface area contributed by atoms with Crippen molar-refractivity contribution < 1.29 is 19.1 Å². The molecule has 0 N–H and O–H groups in total. The van der Waals surface area contributed by atoms with Gasteiger partial charge in [-0.3, -0.25) is 14.0 Å². The number of rotatable bonds is 10. The van der Waals surface area contributed by atoms with Gasteiger partial charge in [-0.05, 0) is 59.1 Å². The third-order valence-corrected chi connectivity index (χ3v) is 4.67. The van der Waals surface area contributed by atoms with Crippen LogP contribution in [-0.2, 0) is 9.53 Å². The molecule has 6 heteroatoms. The van der Waals surface area contributed by atoms with Crippen molar-refractivity contribution in [3.8, 4) is 5.75 Å². The van der Waals surface area contributed by atoms with Gasteiger partial charge in [-0.25, -0.2) is 4.98 Å². The lowest BCUT2D eigenvalue weighted by Crippen LogP contribution is -2.26. The first kappa shape index (κ1) is 22.9. The molecule has 0 spiro atoms. The van der Waals surface area contributed by atoms with Crippen LogP contribution < -0.4 is 4.74 Å². The van der Waals surface area contributed by atoms with Gasteiger partial charge in [0.15, 0.2) is 17.2 Å². The van der Waals surface area contributed by atoms with Crippen LogP contribution in [0.4, 0.5) is 0 Å². The van der Waals surface area contributed by atoms with Crippen molar-refractivity contribution in [2.75, 3.05) is 6.61 Å². The predicted octanol–water partition coefficient (Wildman–Crippen LogP) is 5.15. The number of imidazole rings is 1. The third-order valence-electron chi connectivity index (χ3n) is 4.67. The van der Waals surface area contributed by atoms with E-state index in [9.17, 15) is 9.59 Å². The number of unbranched alkanes of at least 4 members (excludes halogenated alkanes) is 1. The molecule has 0 aliphatic carbocycles. The van der Waals surface area contributed by atoms with Gasteiger partial charge in [0.25, 0.3) is 0 Å². The Morgan fingerprint density at radius 2 is 1.93 bits per heavy atom. The zero-order chi connectivity index (χ0) is 21.6. The maximum atomic E-state index is 13.2. The quantitative estimate of drug-likeness (QED) is 0.406. The predicted molar refractivity (Wildman–Crippen MR) is 114 cm³/mol. The van der Waals surface area contributed by atoms with Gasteiger partial charge in [-0.2, -0.15) is 0 Å². The summed E-state index contributed by atoms with van der Waals surface area (Å²) < 4.78 is 12.9. The fourth-order valence-corrected chi connectivity index (χ4v) is 3.51. The molecule has 0 saturated heterocycles. The summed E-state index contributed by atoms with van der Waals surface area (Å²) in [6.45, 7) is 12.0. The Morgan fingerprint density at radius 1 is 1.21 bits per heavy atom. The van der Waals surface area contributed by atoms with Crippen LogP contribution in [0.5, 0.6) is 5.75 Å². The van der Waals surface area contributed by atoms with Gasteiger partial charge in [-0.15, -0.1) is 0 Å². The first-order chi connectivity index (χ1) is 13.7. The van der Waals surface area contributed by atoms with E-state index in [4.69, 9.17) is 9.47 Å². The summed E-state index contributed by atoms with van der Waals surface area (Å²) in [5.41, 5.74) is 1.36. The van der Waals surface area contributed by atoms with Crippen molar-refractivity contribution in [1.29, 1.82) is 0 Å². The number of aromatic nitrogens is 2. The zero-order valence-corrected chi connectivity index (χ0v) is 18.6. The molecule has 1 atom stereocenters. The second kappa shape index (κ2) is 9.90. The van der Waals surface area contributed by atoms with Crippen molar-refractivity contribution in [3.05, 3.63) is 29.7 Å². The van der Waals surface area contributed by atoms with Crippen molar-refractivity contribution in [1.82, 2.24) is 9.38 Å². The van der Waals surface area contributed by atoms with Crippen molar-refractivity contribution >= 4 is 17.4 Å². The van der Waals surface area contributed by atoms with Gasteiger partial charge in [0.1, 0.15) is 11.3 Å². The standard InChI is InChI=1S/C23H34N2O4/c1-7-9-11-17(15-20(27)29-23(4,5)6)14-18(26)21-16(3)24-22-19(28-8-2)12-10-13-25(21)22/h10,12-13,17H,7-9,11,14-15H2,1-6H3/t17-/m0/s1. The highest BCUT2D eigenvalue weighted by Gasteiger charge is 2.25. The molecule has 0 fully saturated rings. The Kier molecular flexibility index (Phi) is 7.82. The second-order valence-electron chi connectivity index (χ2n) is 8.47. The van der Waals surface area contributed by atoms with Crippen LogP contribution in [0.1, 0.15) is 82.9 Å². The summed E-state index contributed by atoms with van der Waals surface area (Å²) in [5.74, 6) is 0.360. The monoisotopic (exact) mass is 402 g/mol. The second-order valence-corrected chi connectivity index (χ2v) is 8.47. The van der Waals surface area contributed by atoms with Gasteiger partial charge >= 0.3 is 5.97 Å². The number of ketones is 1. The molecular weight excluding hydrogens is 368 g/mol. The van der Waals surface area contributed by atoms with E-state index in [1.807, 2.05) is 52.9 Å². The maximum Gasteiger partial charge on any atom is 0.306 e. The maximum absolute atomic E-state index is 13.2. The molecule has 0 saturated carbocycles. The van der Waals surface area contributed by atoms with Gasteiger partial charge in [0.2, 0.25) is 0 Å². The average Bonchev–Trinajstić information content (AvgIpc) is 2.95. The lowest BCUT2D eigenvalue weighted by molar-refractivity contribution is -0.156. The molecule has 0 aliphatic rings. The number of carbonyl (C=O) groups excluding carboxylic acids is 2. The molecule has 2 aromatic rings. The summed E-state index contributed by atoms with van der Waals surface area (Å²) in [5, 5.41) is 0. The fourth-order valence-electron chi connectivity index (χ4n) is 3.51. The van der Waals surface area contributed by atoms with E-state index in [0.717, 1.165) is 19.3 Å². The SMILES string of the molecule is CCCC[C@H](CC(=O)OC(C)(C)C)CC(=O)c1c(C)nc2c(OCC)cccn12. The number of carbonyl (C=O) groups is 2. The van der Waals surface area contributed by atoms with Crippen LogP contribution in [0.25, 0.3) is 5.65 Å². The van der Waals surface area contributed by atoms with Gasteiger partial charge in [0.05, 0.1) is 12.3 Å². The molecule has 2 heterocycles. The molecule has 160 valence electrons. The zero-order valence-electron chi connectivity index (χ0n) is 18.6. The van der Waals surface area contributed by atoms with Crippen molar-refractivity contribution in [2.24, 2.45) is 5.92 Å². The van der Waals surface area contributed by atoms with Crippen LogP contribution in [0.2, 0.25) is 0 Å². The Bertz CT molecular complexity index is 848. The lowest BCUT2D eigenvalue weighted by Gasteiger charge is -2.22. The molecule has 2 aromatic heterocycles. The Morgan fingerprint density at radius 3 is 2.55 bits per heavy atom. The number of ether oxygens (including phenoxy) is 2. The smallest absolute Gasteiger partial charge is 0.306 e. The van der Waals surface area contributed by atoms with Crippen LogP contribution in [0, 0.1) is 12.8 Å². The van der Waals surface area contributed by atoms with E-state index in [-0.39, 0.29) is 24.1 Å². The number of hydrogen-bond acceptors (Lipinski definition) is 5. The van der Waals surface area contributed by atoms with Crippen LogP contribution in [0.15, 0.2) is 18.3 Å². The number of aryl methyl sites for hydroxylation is 1. The average molecular weight is 403 g/mol. The number of pyridine rings is 1. The summed E-state index contributed by atoms with van der Waals surface area (Å²) in [7, 11) is 0. The molecule has 0 amide bonds. The Hall–Kier alpha value is -2.37. The van der Waals surface area contributed by atoms with E-state index >= 15 is 0 Å². The van der Waals surface area contributed by atoms with E-state index in [1.165, 1.54) is 0 Å². The topological polar surface area (TPSA) is 69.9 Å². The number of hydrogen-bond donors (Lipinski definition) is 0.